The van der Waals surface area contributed by atoms with Crippen LogP contribution in [0.5, 0.6) is 17.2 Å². The molecular weight excluding hydrogens is 1010 g/mol. The van der Waals surface area contributed by atoms with Gasteiger partial charge in [-0.05, 0) is 131 Å². The quantitative estimate of drug-likeness (QED) is 0.0749. The monoisotopic (exact) mass is 1090 g/mol. The van der Waals surface area contributed by atoms with Gasteiger partial charge >= 0.3 is 6.09 Å². The van der Waals surface area contributed by atoms with E-state index >= 15 is 0 Å². The Balaban J connectivity index is 1.000. The molecule has 2 fully saturated rings. The molecule has 17 nitrogen and oxygen atoms in total. The third kappa shape index (κ3) is 13.3. The molecule has 6 aliphatic rings. The van der Waals surface area contributed by atoms with Gasteiger partial charge in [0.1, 0.15) is 28.5 Å². The van der Waals surface area contributed by atoms with Gasteiger partial charge in [-0.1, -0.05) is 46.6 Å². The minimum atomic E-state index is -1.05. The van der Waals surface area contributed by atoms with Crippen molar-refractivity contribution in [2.75, 3.05) is 46.9 Å². The number of nitrogens with zero attached hydrogens (tertiary/aromatic N) is 4. The van der Waals surface area contributed by atoms with Crippen LogP contribution in [0.1, 0.15) is 168 Å². The molecule has 2 saturated heterocycles. The molecule has 0 saturated carbocycles. The average molecular weight is 1090 g/mol. The highest BCUT2D eigenvalue weighted by atomic mass is 16.6. The Morgan fingerprint density at radius 1 is 0.709 bits per heavy atom. The van der Waals surface area contributed by atoms with Crippen LogP contribution in [0, 0.1) is 0 Å². The molecule has 0 aromatic heterocycles. The largest absolute Gasteiger partial charge is 0.484 e. The third-order valence-electron chi connectivity index (χ3n) is 17.0. The molecule has 6 aliphatic heterocycles. The number of methoxy groups -OCH3 is 2. The van der Waals surface area contributed by atoms with E-state index in [9.17, 15) is 34.2 Å². The highest BCUT2D eigenvalue weighted by Gasteiger charge is 2.48. The number of fused-ring (bicyclic) bond motifs is 6. The minimum Gasteiger partial charge on any atom is -0.484 e. The van der Waals surface area contributed by atoms with Crippen LogP contribution in [0.15, 0.2) is 58.7 Å². The Kier molecular flexibility index (Phi) is 18.9. The summed E-state index contributed by atoms with van der Waals surface area (Å²) in [6, 6.07) is 3.32. The molecule has 0 spiro atoms. The molecule has 2 N–H and O–H groups in total. The van der Waals surface area contributed by atoms with Crippen LogP contribution in [0.3, 0.4) is 0 Å². The molecular formula is C62H84N4O13. The lowest BCUT2D eigenvalue weighted by Gasteiger charge is -2.42. The van der Waals surface area contributed by atoms with Gasteiger partial charge < -0.3 is 53.3 Å². The van der Waals surface area contributed by atoms with Gasteiger partial charge in [0, 0.05) is 80.9 Å². The van der Waals surface area contributed by atoms with Crippen molar-refractivity contribution in [3.63, 3.8) is 0 Å². The molecule has 2 aromatic carbocycles. The zero-order valence-electron chi connectivity index (χ0n) is 48.2. The van der Waals surface area contributed by atoms with Gasteiger partial charge in [0.2, 0.25) is 5.91 Å². The van der Waals surface area contributed by atoms with Gasteiger partial charge in [-0.25, -0.2) is 4.79 Å². The van der Waals surface area contributed by atoms with Gasteiger partial charge in [0.05, 0.1) is 62.6 Å². The van der Waals surface area contributed by atoms with E-state index in [0.29, 0.717) is 104 Å². The summed E-state index contributed by atoms with van der Waals surface area (Å²) in [6.07, 6.45) is 12.2. The van der Waals surface area contributed by atoms with Crippen molar-refractivity contribution in [2.24, 2.45) is 0 Å². The number of benzene rings is 2. The Morgan fingerprint density at radius 2 is 1.24 bits per heavy atom. The first-order valence-corrected chi connectivity index (χ1v) is 28.3. The highest BCUT2D eigenvalue weighted by molar-refractivity contribution is 6.01. The lowest BCUT2D eigenvalue weighted by Crippen LogP contribution is -2.55. The molecule has 0 aliphatic carbocycles. The number of carbonyl (C=O) groups is 5. The van der Waals surface area contributed by atoms with Crippen LogP contribution in [-0.2, 0) is 56.2 Å². The van der Waals surface area contributed by atoms with Gasteiger partial charge in [-0.2, -0.15) is 0 Å². The van der Waals surface area contributed by atoms with Crippen molar-refractivity contribution >= 4 is 30.3 Å². The van der Waals surface area contributed by atoms with Gasteiger partial charge in [-0.15, -0.1) is 0 Å². The molecule has 0 radical (unpaired) electrons. The van der Waals surface area contributed by atoms with E-state index in [-0.39, 0.29) is 80.7 Å². The van der Waals surface area contributed by atoms with E-state index in [2.05, 4.69) is 65.8 Å². The number of likely N-dealkylation sites (tertiary alicyclic amines) is 2. The lowest BCUT2D eigenvalue weighted by molar-refractivity contribution is -0.142. The van der Waals surface area contributed by atoms with Gasteiger partial charge in [-0.3, -0.25) is 24.1 Å². The number of aliphatic hydroxyl groups excluding tert-OH is 2. The van der Waals surface area contributed by atoms with Crippen molar-refractivity contribution in [2.45, 2.75) is 194 Å². The number of ether oxygens (including phenoxy) is 6. The van der Waals surface area contributed by atoms with E-state index in [1.165, 1.54) is 38.2 Å². The number of aliphatic hydroxyl groups is 2. The predicted molar refractivity (Wildman–Crippen MR) is 298 cm³/mol. The second kappa shape index (κ2) is 25.2. The van der Waals surface area contributed by atoms with Crippen molar-refractivity contribution < 1.29 is 62.6 Å². The fourth-order valence-electron chi connectivity index (χ4n) is 11.6. The summed E-state index contributed by atoms with van der Waals surface area (Å²) in [5.41, 5.74) is 6.78. The molecule has 0 unspecified atom stereocenters. The van der Waals surface area contributed by atoms with Crippen LogP contribution in [0.4, 0.5) is 4.79 Å². The fraction of sp³-hybridized carbons (Fsp3) is 0.597. The predicted octanol–water partition coefficient (Wildman–Crippen LogP) is 8.86. The van der Waals surface area contributed by atoms with Crippen molar-refractivity contribution in [3.8, 4) is 17.2 Å². The Hall–Kier alpha value is -6.01. The molecule has 0 bridgehead atoms. The summed E-state index contributed by atoms with van der Waals surface area (Å²) >= 11 is 0. The normalized spacial score (nSPS) is 23.1. The standard InChI is InChI=1S/C62H84N4O13/c1-38(2)16-11-18-40(5)20-13-23-61(7)52(68)29-45-42(27-54(70)64-31-43(32-64)74-9)26-46-49(56(45)78-61)35-63(58(46)71)25-15-22-55(76-37-67)66-36-50-47(59(66)72)28-51(77-60(73)65-33-44(34-65)75-10)48-30-53(69)62(8,79-57(48)50)24-14-21-41(6)19-12-17-39(3)4/h16-17,20-21,26,28,37,43-44,52-53,55,68-69H,11-15,18-19,22-25,27,29-36H2,1-10H3/b40-20+,41-21+/t52-,53-,55+,61+,62+/m0/s1. The molecule has 79 heavy (non-hydrogen) atoms. The number of hydrogen-bond donors (Lipinski definition) is 2. The van der Waals surface area contributed by atoms with Crippen molar-refractivity contribution in [1.82, 2.24) is 19.6 Å². The van der Waals surface area contributed by atoms with Crippen LogP contribution < -0.4 is 14.2 Å². The fourth-order valence-corrected chi connectivity index (χ4v) is 11.6. The number of amides is 4. The van der Waals surface area contributed by atoms with Crippen molar-refractivity contribution in [3.05, 3.63) is 97.7 Å². The maximum Gasteiger partial charge on any atom is 0.415 e. The van der Waals surface area contributed by atoms with E-state index in [4.69, 9.17) is 28.4 Å². The first kappa shape index (κ1) is 59.1. The molecule has 8 rings (SSSR count). The molecule has 4 amide bonds. The second-order valence-electron chi connectivity index (χ2n) is 23.6. The van der Waals surface area contributed by atoms with E-state index in [1.807, 2.05) is 13.8 Å². The van der Waals surface area contributed by atoms with Gasteiger partial charge in [0.15, 0.2) is 6.23 Å². The third-order valence-corrected chi connectivity index (χ3v) is 17.0. The topological polar surface area (TPSA) is 194 Å². The summed E-state index contributed by atoms with van der Waals surface area (Å²) < 4.78 is 36.2. The first-order chi connectivity index (χ1) is 37.6. The Labute approximate surface area is 466 Å². The van der Waals surface area contributed by atoms with E-state index < -0.39 is 41.6 Å². The Bertz CT molecular complexity index is 2760. The maximum atomic E-state index is 14.6. The highest BCUT2D eigenvalue weighted by Crippen LogP contribution is 2.49. The second-order valence-corrected chi connectivity index (χ2v) is 23.6. The smallest absolute Gasteiger partial charge is 0.415 e. The average Bonchev–Trinajstić information content (AvgIpc) is 3.97. The molecule has 5 atom stereocenters. The minimum absolute atomic E-state index is 0.0128. The van der Waals surface area contributed by atoms with E-state index in [1.54, 1.807) is 30.1 Å². The van der Waals surface area contributed by atoms with Crippen molar-refractivity contribution in [1.29, 1.82) is 0 Å². The first-order valence-electron chi connectivity index (χ1n) is 28.3. The summed E-state index contributed by atoms with van der Waals surface area (Å²) in [6.45, 7) is 18.8. The summed E-state index contributed by atoms with van der Waals surface area (Å²) in [7, 11) is 3.21. The van der Waals surface area contributed by atoms with Crippen LogP contribution in [0.25, 0.3) is 0 Å². The zero-order chi connectivity index (χ0) is 56.9. The Morgan fingerprint density at radius 3 is 1.80 bits per heavy atom. The summed E-state index contributed by atoms with van der Waals surface area (Å²) in [5.74, 6) is 0.221. The molecule has 2 aromatic rings. The van der Waals surface area contributed by atoms with Crippen LogP contribution >= 0.6 is 0 Å². The van der Waals surface area contributed by atoms with Crippen LogP contribution in [-0.4, -0.2) is 149 Å². The lowest BCUT2D eigenvalue weighted by atomic mass is 9.82. The zero-order valence-corrected chi connectivity index (χ0v) is 48.2. The van der Waals surface area contributed by atoms with Gasteiger partial charge in [0.25, 0.3) is 18.3 Å². The van der Waals surface area contributed by atoms with E-state index in [0.717, 1.165) is 31.2 Å². The number of rotatable bonds is 24. The maximum absolute atomic E-state index is 14.6. The summed E-state index contributed by atoms with van der Waals surface area (Å²) in [4.78, 5) is 74.9. The molecule has 6 heterocycles. The summed E-state index contributed by atoms with van der Waals surface area (Å²) in [5, 5.41) is 23.5. The van der Waals surface area contributed by atoms with Crippen LogP contribution in [0.2, 0.25) is 0 Å². The molecule has 17 heteroatoms. The SMILES string of the molecule is COC1CN(C(=O)Cc2cc3c(c4c2C[C@H](O)[C@@](C)(CC/C=C(\C)CCC=C(C)C)O4)CN(CCC[C@@H](OC=O)N2Cc4c(cc(OC(=O)N5CC(OC)C5)c5c4O[C@](C)(CC/C=C(\C)CCC=C(C)C)[C@@H](O)C5)C2=O)C3=O)C1. The number of hydrogen-bond acceptors (Lipinski definition) is 13. The molecule has 430 valence electrons. The number of carbonyl (C=O) groups excluding carboxylic acids is 5. The number of allylic oxidation sites excluding steroid dienone is 8.